The standard InChI is InChI=1S/C30H32FN7O3S/c1-18-8-19(2)17-37(16-18)29-10-22(31)9-26(36-29)24-5-4-20-13-32-23(11-25(20)35-24)15-34-30(39)27-12-28-21(14-33-27)6-7-38(28)42(3,40)41/h4-5,9-14,18-19H,6-8,15-17H2,1-3H3,(H,34,39). The number of halogens is 1. The van der Waals surface area contributed by atoms with Crippen molar-refractivity contribution in [3.05, 3.63) is 71.6 Å². The van der Waals surface area contributed by atoms with Crippen LogP contribution in [0.3, 0.4) is 0 Å². The number of carbonyl (C=O) groups is 1. The molecule has 218 valence electrons. The molecular formula is C30H32FN7O3S. The average molecular weight is 590 g/mol. The fraction of sp³-hybridized carbons (Fsp3) is 0.367. The van der Waals surface area contributed by atoms with Gasteiger partial charge < -0.3 is 10.2 Å². The van der Waals surface area contributed by atoms with Gasteiger partial charge in [-0.3, -0.25) is 19.1 Å². The average Bonchev–Trinajstić information content (AvgIpc) is 3.39. The summed E-state index contributed by atoms with van der Waals surface area (Å²) >= 11 is 0. The van der Waals surface area contributed by atoms with E-state index in [-0.39, 0.29) is 18.1 Å². The van der Waals surface area contributed by atoms with Crippen molar-refractivity contribution >= 4 is 38.3 Å². The number of carbonyl (C=O) groups excluding carboxylic acids is 1. The minimum Gasteiger partial charge on any atom is -0.356 e. The molecule has 2 aliphatic heterocycles. The molecule has 0 bridgehead atoms. The SMILES string of the molecule is CC1CC(C)CN(c2cc(F)cc(-c3ccc4cnc(CNC(=O)c5cc6c(cn5)CCN6S(C)(=O)=O)cc4n3)n2)C1. The molecule has 1 amide bonds. The van der Waals surface area contributed by atoms with E-state index in [4.69, 9.17) is 9.97 Å². The number of aromatic nitrogens is 4. The third kappa shape index (κ3) is 5.76. The van der Waals surface area contributed by atoms with Crippen molar-refractivity contribution in [3.63, 3.8) is 0 Å². The summed E-state index contributed by atoms with van der Waals surface area (Å²) in [6, 6.07) is 9.82. The lowest BCUT2D eigenvalue weighted by Gasteiger charge is -2.36. The van der Waals surface area contributed by atoms with E-state index in [1.54, 1.807) is 24.5 Å². The summed E-state index contributed by atoms with van der Waals surface area (Å²) in [7, 11) is -3.44. The first-order valence-corrected chi connectivity index (χ1v) is 15.8. The van der Waals surface area contributed by atoms with E-state index in [1.807, 2.05) is 6.07 Å². The number of rotatable bonds is 6. The Morgan fingerprint density at radius 1 is 1.02 bits per heavy atom. The quantitative estimate of drug-likeness (QED) is 0.359. The number of fused-ring (bicyclic) bond motifs is 2. The normalized spacial score (nSPS) is 18.8. The first-order chi connectivity index (χ1) is 20.0. The lowest BCUT2D eigenvalue weighted by atomic mass is 9.92. The minimum absolute atomic E-state index is 0.114. The van der Waals surface area contributed by atoms with E-state index in [1.165, 1.54) is 22.5 Å². The number of hydrogen-bond acceptors (Lipinski definition) is 8. The smallest absolute Gasteiger partial charge is 0.270 e. The Kier molecular flexibility index (Phi) is 7.25. The lowest BCUT2D eigenvalue weighted by Crippen LogP contribution is -2.39. The molecule has 1 saturated heterocycles. The highest BCUT2D eigenvalue weighted by atomic mass is 32.2. The molecule has 0 aromatic carbocycles. The van der Waals surface area contributed by atoms with Gasteiger partial charge in [-0.25, -0.2) is 22.8 Å². The van der Waals surface area contributed by atoms with Crippen LogP contribution < -0.4 is 14.5 Å². The maximum atomic E-state index is 14.7. The molecule has 6 heterocycles. The fourth-order valence-corrected chi connectivity index (χ4v) is 6.84. The molecule has 0 spiro atoms. The van der Waals surface area contributed by atoms with E-state index in [2.05, 4.69) is 34.0 Å². The third-order valence-corrected chi connectivity index (χ3v) is 8.92. The Morgan fingerprint density at radius 3 is 2.57 bits per heavy atom. The molecule has 12 heteroatoms. The van der Waals surface area contributed by atoms with E-state index >= 15 is 0 Å². The van der Waals surface area contributed by atoms with Gasteiger partial charge in [0.1, 0.15) is 17.3 Å². The maximum Gasteiger partial charge on any atom is 0.270 e. The number of hydrogen-bond donors (Lipinski definition) is 1. The number of pyridine rings is 4. The minimum atomic E-state index is -3.44. The highest BCUT2D eigenvalue weighted by molar-refractivity contribution is 7.92. The van der Waals surface area contributed by atoms with Crippen LogP contribution in [0.1, 0.15) is 42.0 Å². The van der Waals surface area contributed by atoms with Gasteiger partial charge in [0.2, 0.25) is 10.0 Å². The molecule has 0 saturated carbocycles. The zero-order valence-corrected chi connectivity index (χ0v) is 24.5. The van der Waals surface area contributed by atoms with Gasteiger partial charge in [-0.1, -0.05) is 13.8 Å². The number of piperidine rings is 1. The molecule has 4 aromatic heterocycles. The van der Waals surface area contributed by atoms with Crippen LogP contribution in [0.5, 0.6) is 0 Å². The van der Waals surface area contributed by atoms with E-state index in [9.17, 15) is 17.6 Å². The summed E-state index contributed by atoms with van der Waals surface area (Å²) in [6.45, 7) is 6.53. The van der Waals surface area contributed by atoms with Gasteiger partial charge in [-0.2, -0.15) is 0 Å². The van der Waals surface area contributed by atoms with Crippen molar-refractivity contribution in [1.29, 1.82) is 0 Å². The van der Waals surface area contributed by atoms with Crippen molar-refractivity contribution < 1.29 is 17.6 Å². The summed E-state index contributed by atoms with van der Waals surface area (Å²) in [5.41, 5.74) is 3.60. The highest BCUT2D eigenvalue weighted by Gasteiger charge is 2.28. The summed E-state index contributed by atoms with van der Waals surface area (Å²) < 4.78 is 40.2. The van der Waals surface area contributed by atoms with Crippen LogP contribution in [-0.4, -0.2) is 60.2 Å². The maximum absolute atomic E-state index is 14.7. The van der Waals surface area contributed by atoms with E-state index < -0.39 is 15.9 Å². The van der Waals surface area contributed by atoms with Crippen molar-refractivity contribution in [2.45, 2.75) is 33.2 Å². The van der Waals surface area contributed by atoms with Gasteiger partial charge in [0.15, 0.2) is 0 Å². The molecule has 42 heavy (non-hydrogen) atoms. The fourth-order valence-electron chi connectivity index (χ4n) is 5.89. The number of sulfonamides is 1. The number of nitrogens with zero attached hydrogens (tertiary/aromatic N) is 6. The monoisotopic (exact) mass is 589 g/mol. The number of anilines is 2. The van der Waals surface area contributed by atoms with Crippen LogP contribution in [0.25, 0.3) is 22.3 Å². The molecule has 10 nitrogen and oxygen atoms in total. The molecule has 6 rings (SSSR count). The Morgan fingerprint density at radius 2 is 1.81 bits per heavy atom. The molecule has 0 aliphatic carbocycles. The zero-order chi connectivity index (χ0) is 29.6. The van der Waals surface area contributed by atoms with Crippen molar-refractivity contribution in [2.75, 3.05) is 35.1 Å². The molecule has 0 radical (unpaired) electrons. The first-order valence-electron chi connectivity index (χ1n) is 14.0. The molecule has 4 aromatic rings. The van der Waals surface area contributed by atoms with Crippen LogP contribution in [0.4, 0.5) is 15.9 Å². The van der Waals surface area contributed by atoms with Gasteiger partial charge in [0, 0.05) is 49.5 Å². The summed E-state index contributed by atoms with van der Waals surface area (Å²) in [6.07, 6.45) is 6.06. The Labute approximate surface area is 244 Å². The van der Waals surface area contributed by atoms with Crippen molar-refractivity contribution in [3.8, 4) is 11.4 Å². The predicted octanol–water partition coefficient (Wildman–Crippen LogP) is 3.96. The summed E-state index contributed by atoms with van der Waals surface area (Å²) in [5.74, 6) is 0.824. The van der Waals surface area contributed by atoms with E-state index in [0.29, 0.717) is 58.9 Å². The van der Waals surface area contributed by atoms with Gasteiger partial charge in [-0.15, -0.1) is 0 Å². The Balaban J connectivity index is 1.20. The largest absolute Gasteiger partial charge is 0.356 e. The van der Waals surface area contributed by atoms with Crippen LogP contribution in [0, 0.1) is 17.7 Å². The number of amides is 1. The van der Waals surface area contributed by atoms with Crippen LogP contribution >= 0.6 is 0 Å². The van der Waals surface area contributed by atoms with Gasteiger partial charge >= 0.3 is 0 Å². The second-order valence-electron chi connectivity index (χ2n) is 11.4. The molecule has 1 fully saturated rings. The molecule has 2 atom stereocenters. The van der Waals surface area contributed by atoms with Gasteiger partial charge in [-0.05, 0) is 54.5 Å². The predicted molar refractivity (Wildman–Crippen MR) is 159 cm³/mol. The van der Waals surface area contributed by atoms with Crippen molar-refractivity contribution in [2.24, 2.45) is 11.8 Å². The van der Waals surface area contributed by atoms with Gasteiger partial charge in [0.25, 0.3) is 5.91 Å². The topological polar surface area (TPSA) is 121 Å². The first kappa shape index (κ1) is 28.0. The Bertz CT molecular complexity index is 1790. The zero-order valence-electron chi connectivity index (χ0n) is 23.7. The number of nitrogens with one attached hydrogen (secondary N) is 1. The summed E-state index contributed by atoms with van der Waals surface area (Å²) in [4.78, 5) is 33.2. The molecule has 2 unspecified atom stereocenters. The summed E-state index contributed by atoms with van der Waals surface area (Å²) in [5, 5.41) is 3.60. The molecule has 2 aliphatic rings. The van der Waals surface area contributed by atoms with Crippen LogP contribution in [-0.2, 0) is 23.0 Å². The van der Waals surface area contributed by atoms with E-state index in [0.717, 1.165) is 36.7 Å². The second kappa shape index (κ2) is 10.9. The second-order valence-corrected chi connectivity index (χ2v) is 13.3. The molecular weight excluding hydrogens is 557 g/mol. The van der Waals surface area contributed by atoms with Crippen LogP contribution in [0.15, 0.2) is 48.8 Å². The molecule has 1 N–H and O–H groups in total. The van der Waals surface area contributed by atoms with Gasteiger partial charge in [0.05, 0.1) is 41.1 Å². The van der Waals surface area contributed by atoms with Crippen molar-refractivity contribution in [1.82, 2.24) is 25.3 Å². The highest BCUT2D eigenvalue weighted by Crippen LogP contribution is 2.30. The third-order valence-electron chi connectivity index (χ3n) is 7.74. The lowest BCUT2D eigenvalue weighted by molar-refractivity contribution is 0.0945. The van der Waals surface area contributed by atoms with Crippen LogP contribution in [0.2, 0.25) is 0 Å². The Hall–Kier alpha value is -4.19.